The van der Waals surface area contributed by atoms with E-state index in [2.05, 4.69) is 11.9 Å². The zero-order valence-electron chi connectivity index (χ0n) is 14.6. The molecule has 1 amide bonds. The molecule has 0 aliphatic rings. The standard InChI is InChI=1S/C19H22N2O4S/c1-3-14-20-19(22)13-15-21(26(2,23)24)17-11-7-8-12-18(17)25-16-9-5-4-6-10-16/h3-12H,1,13-15H2,2H3,(H,20,22). The fourth-order valence-corrected chi connectivity index (χ4v) is 3.24. The van der Waals surface area contributed by atoms with Gasteiger partial charge < -0.3 is 10.1 Å². The van der Waals surface area contributed by atoms with Gasteiger partial charge in [-0.25, -0.2) is 8.42 Å². The second-order valence-electron chi connectivity index (χ2n) is 5.56. The summed E-state index contributed by atoms with van der Waals surface area (Å²) in [5.74, 6) is 0.743. The van der Waals surface area contributed by atoms with Crippen molar-refractivity contribution in [3.63, 3.8) is 0 Å². The molecule has 0 aromatic heterocycles. The normalized spacial score (nSPS) is 10.8. The summed E-state index contributed by atoms with van der Waals surface area (Å²) in [5.41, 5.74) is 0.385. The number of rotatable bonds is 9. The Hall–Kier alpha value is -2.80. The number of nitrogens with zero attached hydrogens (tertiary/aromatic N) is 1. The molecule has 1 N–H and O–H groups in total. The van der Waals surface area contributed by atoms with E-state index in [1.165, 1.54) is 4.31 Å². The Morgan fingerprint density at radius 2 is 1.81 bits per heavy atom. The van der Waals surface area contributed by atoms with Crippen molar-refractivity contribution < 1.29 is 17.9 Å². The van der Waals surface area contributed by atoms with Gasteiger partial charge in [-0.15, -0.1) is 6.58 Å². The van der Waals surface area contributed by atoms with Crippen LogP contribution in [-0.4, -0.2) is 33.7 Å². The largest absolute Gasteiger partial charge is 0.455 e. The van der Waals surface area contributed by atoms with Crippen molar-refractivity contribution in [2.24, 2.45) is 0 Å². The van der Waals surface area contributed by atoms with Crippen LogP contribution in [0.4, 0.5) is 5.69 Å². The van der Waals surface area contributed by atoms with E-state index in [1.807, 2.05) is 18.2 Å². The quantitative estimate of drug-likeness (QED) is 0.685. The molecule has 6 nitrogen and oxygen atoms in total. The van der Waals surface area contributed by atoms with Crippen LogP contribution in [-0.2, 0) is 14.8 Å². The fourth-order valence-electron chi connectivity index (χ4n) is 2.31. The Kier molecular flexibility index (Phi) is 6.80. The van der Waals surface area contributed by atoms with E-state index < -0.39 is 10.0 Å². The molecule has 0 fully saturated rings. The smallest absolute Gasteiger partial charge is 0.232 e. The van der Waals surface area contributed by atoms with Gasteiger partial charge in [0.25, 0.3) is 0 Å². The third-order valence-electron chi connectivity index (χ3n) is 3.49. The molecular weight excluding hydrogens is 352 g/mol. The highest BCUT2D eigenvalue weighted by molar-refractivity contribution is 7.92. The lowest BCUT2D eigenvalue weighted by Gasteiger charge is -2.24. The molecule has 2 aromatic carbocycles. The van der Waals surface area contributed by atoms with Crippen LogP contribution >= 0.6 is 0 Å². The third-order valence-corrected chi connectivity index (χ3v) is 4.67. The third kappa shape index (κ3) is 5.63. The van der Waals surface area contributed by atoms with E-state index in [1.54, 1.807) is 42.5 Å². The first-order chi connectivity index (χ1) is 12.4. The molecule has 0 saturated carbocycles. The monoisotopic (exact) mass is 374 g/mol. The first kappa shape index (κ1) is 19.5. The molecule has 0 atom stereocenters. The summed E-state index contributed by atoms with van der Waals surface area (Å²) in [4.78, 5) is 11.8. The number of hydrogen-bond donors (Lipinski definition) is 1. The summed E-state index contributed by atoms with van der Waals surface area (Å²) in [6.45, 7) is 3.88. The number of benzene rings is 2. The van der Waals surface area contributed by atoms with Gasteiger partial charge in [-0.3, -0.25) is 9.10 Å². The average Bonchev–Trinajstić information content (AvgIpc) is 2.61. The number of carbonyl (C=O) groups excluding carboxylic acids is 1. The topological polar surface area (TPSA) is 75.7 Å². The molecular formula is C19H22N2O4S. The van der Waals surface area contributed by atoms with Gasteiger partial charge in [0.2, 0.25) is 15.9 Å². The maximum atomic E-state index is 12.3. The van der Waals surface area contributed by atoms with Gasteiger partial charge >= 0.3 is 0 Å². The van der Waals surface area contributed by atoms with Crippen molar-refractivity contribution in [1.29, 1.82) is 0 Å². The van der Waals surface area contributed by atoms with E-state index >= 15 is 0 Å². The molecule has 0 aliphatic heterocycles. The highest BCUT2D eigenvalue weighted by Crippen LogP contribution is 2.33. The fraction of sp³-hybridized carbons (Fsp3) is 0.211. The van der Waals surface area contributed by atoms with Crippen molar-refractivity contribution in [1.82, 2.24) is 5.32 Å². The summed E-state index contributed by atoms with van der Waals surface area (Å²) in [5, 5.41) is 2.64. The minimum atomic E-state index is -3.60. The number of amides is 1. The van der Waals surface area contributed by atoms with E-state index in [0.717, 1.165) is 6.26 Å². The SMILES string of the molecule is C=CCNC(=O)CCN(c1ccccc1Oc1ccccc1)S(C)(=O)=O. The van der Waals surface area contributed by atoms with Crippen molar-refractivity contribution >= 4 is 21.6 Å². The predicted octanol–water partition coefficient (Wildman–Crippen LogP) is 2.94. The molecule has 2 aromatic rings. The van der Waals surface area contributed by atoms with Gasteiger partial charge in [-0.2, -0.15) is 0 Å². The molecule has 0 aliphatic carbocycles. The van der Waals surface area contributed by atoms with Crippen LogP contribution in [0.25, 0.3) is 0 Å². The first-order valence-corrected chi connectivity index (χ1v) is 9.94. The number of hydrogen-bond acceptors (Lipinski definition) is 4. The van der Waals surface area contributed by atoms with Crippen LogP contribution in [0.15, 0.2) is 67.3 Å². The minimum Gasteiger partial charge on any atom is -0.455 e. The Morgan fingerprint density at radius 1 is 1.15 bits per heavy atom. The molecule has 26 heavy (non-hydrogen) atoms. The second kappa shape index (κ2) is 9.05. The lowest BCUT2D eigenvalue weighted by atomic mass is 10.2. The number of carbonyl (C=O) groups is 1. The molecule has 2 rings (SSSR count). The molecule has 7 heteroatoms. The summed E-state index contributed by atoms with van der Waals surface area (Å²) in [6.07, 6.45) is 2.70. The van der Waals surface area contributed by atoms with Gasteiger partial charge in [0.1, 0.15) is 5.75 Å². The van der Waals surface area contributed by atoms with Crippen LogP contribution < -0.4 is 14.4 Å². The van der Waals surface area contributed by atoms with Gasteiger partial charge in [-0.05, 0) is 24.3 Å². The molecule has 0 heterocycles. The van der Waals surface area contributed by atoms with E-state index in [9.17, 15) is 13.2 Å². The zero-order chi connectivity index (χ0) is 19.0. The minimum absolute atomic E-state index is 0.0109. The Morgan fingerprint density at radius 3 is 2.46 bits per heavy atom. The van der Waals surface area contributed by atoms with Crippen molar-refractivity contribution in [3.05, 3.63) is 67.3 Å². The van der Waals surface area contributed by atoms with E-state index in [-0.39, 0.29) is 18.9 Å². The summed E-state index contributed by atoms with van der Waals surface area (Å²) < 4.78 is 31.6. The number of sulfonamides is 1. The van der Waals surface area contributed by atoms with Gasteiger partial charge in [0, 0.05) is 19.5 Å². The maximum absolute atomic E-state index is 12.3. The summed E-state index contributed by atoms with van der Waals surface area (Å²) in [6, 6.07) is 15.9. The molecule has 0 radical (unpaired) electrons. The van der Waals surface area contributed by atoms with Gasteiger partial charge in [-0.1, -0.05) is 36.4 Å². The number of anilines is 1. The maximum Gasteiger partial charge on any atom is 0.232 e. The van der Waals surface area contributed by atoms with Crippen molar-refractivity contribution in [2.45, 2.75) is 6.42 Å². The van der Waals surface area contributed by atoms with Crippen molar-refractivity contribution in [3.8, 4) is 11.5 Å². The highest BCUT2D eigenvalue weighted by atomic mass is 32.2. The molecule has 0 saturated heterocycles. The lowest BCUT2D eigenvalue weighted by Crippen LogP contribution is -2.34. The molecule has 0 unspecified atom stereocenters. The van der Waals surface area contributed by atoms with Crippen LogP contribution in [0.5, 0.6) is 11.5 Å². The van der Waals surface area contributed by atoms with Gasteiger partial charge in [0.15, 0.2) is 5.75 Å². The van der Waals surface area contributed by atoms with Crippen LogP contribution in [0.1, 0.15) is 6.42 Å². The first-order valence-electron chi connectivity index (χ1n) is 8.09. The summed E-state index contributed by atoms with van der Waals surface area (Å²) in [7, 11) is -3.60. The molecule has 0 spiro atoms. The van der Waals surface area contributed by atoms with Gasteiger partial charge in [0.05, 0.1) is 11.9 Å². The zero-order valence-corrected chi connectivity index (χ0v) is 15.4. The Labute approximate surface area is 154 Å². The number of ether oxygens (including phenoxy) is 1. The van der Waals surface area contributed by atoms with Crippen LogP contribution in [0.2, 0.25) is 0 Å². The number of para-hydroxylation sites is 3. The predicted molar refractivity (Wildman–Crippen MR) is 103 cm³/mol. The molecule has 0 bridgehead atoms. The molecule has 138 valence electrons. The Bertz CT molecular complexity index is 851. The Balaban J connectivity index is 2.25. The average molecular weight is 374 g/mol. The van der Waals surface area contributed by atoms with E-state index in [4.69, 9.17) is 4.74 Å². The second-order valence-corrected chi connectivity index (χ2v) is 7.47. The summed E-state index contributed by atoms with van der Waals surface area (Å²) >= 11 is 0. The number of nitrogens with one attached hydrogen (secondary N) is 1. The van der Waals surface area contributed by atoms with Crippen LogP contribution in [0.3, 0.4) is 0 Å². The lowest BCUT2D eigenvalue weighted by molar-refractivity contribution is -0.120. The van der Waals surface area contributed by atoms with E-state index in [0.29, 0.717) is 23.7 Å². The van der Waals surface area contributed by atoms with Crippen molar-refractivity contribution in [2.75, 3.05) is 23.7 Å². The highest BCUT2D eigenvalue weighted by Gasteiger charge is 2.22. The van der Waals surface area contributed by atoms with Crippen LogP contribution in [0, 0.1) is 0 Å².